The van der Waals surface area contributed by atoms with Gasteiger partial charge in [0.2, 0.25) is 0 Å². The van der Waals surface area contributed by atoms with Crippen LogP contribution in [0.25, 0.3) is 0 Å². The highest BCUT2D eigenvalue weighted by Gasteiger charge is 2.16. The van der Waals surface area contributed by atoms with Gasteiger partial charge in [-0.2, -0.15) is 0 Å². The molecule has 0 heterocycles. The minimum absolute atomic E-state index is 0.0827. The highest BCUT2D eigenvalue weighted by Crippen LogP contribution is 2.17. The van der Waals surface area contributed by atoms with E-state index in [1.165, 1.54) is 135 Å². The highest BCUT2D eigenvalue weighted by atomic mass is 16.6. The van der Waals surface area contributed by atoms with Crippen LogP contribution in [0.15, 0.2) is 158 Å². The molecule has 0 amide bonds. The van der Waals surface area contributed by atoms with E-state index in [9.17, 15) is 14.7 Å². The Kier molecular flexibility index (Phi) is 66.9. The Hall–Kier alpha value is -4.48. The maximum atomic E-state index is 12.3. The highest BCUT2D eigenvalue weighted by molar-refractivity contribution is 5.70. The van der Waals surface area contributed by atoms with Crippen LogP contribution in [0.3, 0.4) is 0 Å². The van der Waals surface area contributed by atoms with Crippen LogP contribution in [0.1, 0.15) is 296 Å². The van der Waals surface area contributed by atoms with Crippen LogP contribution in [-0.4, -0.2) is 36.4 Å². The lowest BCUT2D eigenvalue weighted by Gasteiger charge is -2.15. The van der Waals surface area contributed by atoms with Crippen LogP contribution < -0.4 is 0 Å². The second-order valence-corrected chi connectivity index (χ2v) is 22.1. The van der Waals surface area contributed by atoms with Crippen LogP contribution in [-0.2, 0) is 19.1 Å². The first kappa shape index (κ1) is 77.5. The number of unbranched alkanes of at least 4 members (excludes halogenated alkanes) is 27. The molecule has 0 fully saturated rings. The molecule has 1 unspecified atom stereocenters. The number of allylic oxidation sites excluding steroid dienone is 26. The van der Waals surface area contributed by atoms with Crippen LogP contribution in [0.5, 0.6) is 0 Å². The fourth-order valence-electron chi connectivity index (χ4n) is 9.31. The van der Waals surface area contributed by atoms with Gasteiger partial charge in [0.1, 0.15) is 6.61 Å². The molecule has 5 heteroatoms. The lowest BCUT2D eigenvalue weighted by molar-refractivity contribution is -0.161. The molecule has 0 aromatic carbocycles. The van der Waals surface area contributed by atoms with Gasteiger partial charge in [0.05, 0.1) is 6.61 Å². The van der Waals surface area contributed by atoms with E-state index in [0.29, 0.717) is 12.8 Å². The molecule has 0 saturated heterocycles. The van der Waals surface area contributed by atoms with Gasteiger partial charge in [0.25, 0.3) is 0 Å². The van der Waals surface area contributed by atoms with Gasteiger partial charge in [-0.15, -0.1) is 0 Å². The van der Waals surface area contributed by atoms with E-state index in [-0.39, 0.29) is 25.2 Å². The topological polar surface area (TPSA) is 72.8 Å². The van der Waals surface area contributed by atoms with E-state index in [4.69, 9.17) is 9.47 Å². The number of carbonyl (C=O) groups excluding carboxylic acids is 2. The summed E-state index contributed by atoms with van der Waals surface area (Å²) in [5.74, 6) is -0.619. The Bertz CT molecular complexity index is 1760. The van der Waals surface area contributed by atoms with Crippen LogP contribution in [0.4, 0.5) is 0 Å². The fraction of sp³-hybridized carbons (Fsp3) is 0.636. The van der Waals surface area contributed by atoms with Crippen molar-refractivity contribution in [2.75, 3.05) is 13.2 Å². The Morgan fingerprint density at radius 2 is 0.488 bits per heavy atom. The molecule has 0 aromatic heterocycles. The zero-order valence-corrected chi connectivity index (χ0v) is 53.2. The lowest BCUT2D eigenvalue weighted by Crippen LogP contribution is -2.28. The Morgan fingerprint density at radius 3 is 0.732 bits per heavy atom. The van der Waals surface area contributed by atoms with Crippen molar-refractivity contribution in [1.29, 1.82) is 0 Å². The van der Waals surface area contributed by atoms with Crippen molar-refractivity contribution in [3.8, 4) is 0 Å². The Balaban J connectivity index is 3.52. The first-order chi connectivity index (χ1) is 40.6. The van der Waals surface area contributed by atoms with Crippen molar-refractivity contribution in [2.45, 2.75) is 302 Å². The van der Waals surface area contributed by atoms with Crippen LogP contribution in [0.2, 0.25) is 0 Å². The molecule has 0 aliphatic carbocycles. The summed E-state index contributed by atoms with van der Waals surface area (Å²) < 4.78 is 10.7. The molecule has 0 bridgehead atoms. The molecule has 1 atom stereocenters. The van der Waals surface area contributed by atoms with Crippen molar-refractivity contribution < 1.29 is 24.2 Å². The lowest BCUT2D eigenvalue weighted by atomic mass is 10.0. The molecule has 0 rings (SSSR count). The summed E-state index contributed by atoms with van der Waals surface area (Å²) in [6.45, 7) is 3.90. The molecule has 0 aromatic rings. The van der Waals surface area contributed by atoms with Gasteiger partial charge in [-0.05, 0) is 122 Å². The number of esters is 2. The van der Waals surface area contributed by atoms with Crippen LogP contribution >= 0.6 is 0 Å². The standard InChI is InChI=1S/C77H126O5/c1-3-5-7-9-11-13-15-17-19-21-23-25-27-29-31-33-34-35-36-37-38-39-40-41-42-44-45-47-49-51-53-55-57-59-61-63-65-67-69-71-76(79)81-74-75(73-78)82-77(80)72-70-68-66-64-62-60-58-56-54-52-50-48-46-43-32-30-28-26-24-22-20-18-16-14-12-10-8-6-4-2/h5-8,11-14,17-20,23-26,29-32,46,48,52,54,58,60,75,78H,3-4,9-10,15-16,21-22,27-28,33-45,47,49-51,53,55-57,59,61-74H2,1-2H3/b7-5-,8-6-,13-11-,14-12-,19-17-,20-18-,25-23-,26-24-,31-29-,32-30-,48-46-,54-52-,60-58-. The summed E-state index contributed by atoms with van der Waals surface area (Å²) in [6, 6.07) is 0. The van der Waals surface area contributed by atoms with Gasteiger partial charge in [-0.25, -0.2) is 0 Å². The summed E-state index contributed by atoms with van der Waals surface area (Å²) in [4.78, 5) is 24.6. The third-order valence-electron chi connectivity index (χ3n) is 14.3. The van der Waals surface area contributed by atoms with Crippen molar-refractivity contribution in [3.63, 3.8) is 0 Å². The van der Waals surface area contributed by atoms with Gasteiger partial charge < -0.3 is 14.6 Å². The van der Waals surface area contributed by atoms with Gasteiger partial charge in [-0.1, -0.05) is 320 Å². The van der Waals surface area contributed by atoms with Gasteiger partial charge in [0, 0.05) is 12.8 Å². The molecule has 5 nitrogen and oxygen atoms in total. The first-order valence-electron chi connectivity index (χ1n) is 34.0. The number of hydrogen-bond acceptors (Lipinski definition) is 5. The molecule has 0 aliphatic heterocycles. The van der Waals surface area contributed by atoms with E-state index >= 15 is 0 Å². The van der Waals surface area contributed by atoms with Crippen molar-refractivity contribution >= 4 is 11.9 Å². The molecule has 464 valence electrons. The number of hydrogen-bond donors (Lipinski definition) is 1. The van der Waals surface area contributed by atoms with E-state index in [1.807, 2.05) is 0 Å². The van der Waals surface area contributed by atoms with E-state index in [2.05, 4.69) is 172 Å². The average molecular weight is 1130 g/mol. The molecule has 0 radical (unpaired) electrons. The zero-order valence-electron chi connectivity index (χ0n) is 53.2. The molecule has 0 spiro atoms. The Labute approximate surface area is 507 Å². The summed E-state index contributed by atoms with van der Waals surface area (Å²) in [7, 11) is 0. The summed E-state index contributed by atoms with van der Waals surface area (Å²) in [6.07, 6.45) is 108. The third-order valence-corrected chi connectivity index (χ3v) is 14.3. The SMILES string of the molecule is CC/C=C\C/C=C\C/C=C\C/C=C\C/C=C\C/C=C\C/C=C\C/C=C\CCCCCCC(=O)OC(CO)COC(=O)CCCCCCCCCCCCCCCCCCCCCCCCC/C=C\C/C=C\C/C=C\C/C=C\C/C=C\CC. The zero-order chi connectivity index (χ0) is 59.1. The average Bonchev–Trinajstić information content (AvgIpc) is 3.49. The minimum Gasteiger partial charge on any atom is -0.462 e. The first-order valence-corrected chi connectivity index (χ1v) is 34.0. The molecular formula is C77H126O5. The number of aliphatic hydroxyl groups excluding tert-OH is 1. The quantitative estimate of drug-likeness (QED) is 0.0373. The number of rotatable bonds is 61. The predicted octanol–water partition coefficient (Wildman–Crippen LogP) is 23.9. The molecule has 0 saturated carbocycles. The van der Waals surface area contributed by atoms with Crippen molar-refractivity contribution in [2.24, 2.45) is 0 Å². The number of ether oxygens (including phenoxy) is 2. The monoisotopic (exact) mass is 1130 g/mol. The maximum Gasteiger partial charge on any atom is 0.306 e. The summed E-state index contributed by atoms with van der Waals surface area (Å²) in [5.41, 5.74) is 0. The number of aliphatic hydroxyl groups is 1. The second kappa shape index (κ2) is 70.8. The molecular weight excluding hydrogens is 1000 g/mol. The molecule has 1 N–H and O–H groups in total. The number of carbonyl (C=O) groups is 2. The normalized spacial score (nSPS) is 13.3. The van der Waals surface area contributed by atoms with Gasteiger partial charge in [0.15, 0.2) is 6.10 Å². The van der Waals surface area contributed by atoms with E-state index in [1.54, 1.807) is 0 Å². The smallest absolute Gasteiger partial charge is 0.306 e. The van der Waals surface area contributed by atoms with E-state index < -0.39 is 6.10 Å². The van der Waals surface area contributed by atoms with E-state index in [0.717, 1.165) is 135 Å². The van der Waals surface area contributed by atoms with Crippen LogP contribution in [0, 0.1) is 0 Å². The molecule has 82 heavy (non-hydrogen) atoms. The maximum absolute atomic E-state index is 12.3. The summed E-state index contributed by atoms with van der Waals surface area (Å²) in [5, 5.41) is 9.69. The van der Waals surface area contributed by atoms with Gasteiger partial charge in [-0.3, -0.25) is 9.59 Å². The van der Waals surface area contributed by atoms with Gasteiger partial charge >= 0.3 is 11.9 Å². The summed E-state index contributed by atoms with van der Waals surface area (Å²) >= 11 is 0. The second-order valence-electron chi connectivity index (χ2n) is 22.1. The van der Waals surface area contributed by atoms with Crippen molar-refractivity contribution in [3.05, 3.63) is 158 Å². The minimum atomic E-state index is -0.797. The Morgan fingerprint density at radius 1 is 0.280 bits per heavy atom. The largest absolute Gasteiger partial charge is 0.462 e. The molecule has 0 aliphatic rings. The third kappa shape index (κ3) is 68.0. The fourth-order valence-corrected chi connectivity index (χ4v) is 9.31. The van der Waals surface area contributed by atoms with Crippen molar-refractivity contribution in [1.82, 2.24) is 0 Å². The predicted molar refractivity (Wildman–Crippen MR) is 361 cm³/mol.